The van der Waals surface area contributed by atoms with Crippen LogP contribution in [0.25, 0.3) is 62.9 Å². The van der Waals surface area contributed by atoms with E-state index in [1.165, 1.54) is 36.5 Å². The van der Waals surface area contributed by atoms with Gasteiger partial charge in [0.05, 0.1) is 15.1 Å². The minimum Gasteiger partial charge on any atom is -0.481 e. The highest BCUT2D eigenvalue weighted by Gasteiger charge is 2.24. The largest absolute Gasteiger partial charge is 0.481 e. The highest BCUT2D eigenvalue weighted by molar-refractivity contribution is 14.1. The Kier molecular flexibility index (Phi) is 24.4. The van der Waals surface area contributed by atoms with Gasteiger partial charge in [0.15, 0.2) is 11.5 Å². The quantitative estimate of drug-likeness (QED) is 0.0185. The lowest BCUT2D eigenvalue weighted by molar-refractivity contribution is -0.155. The molecule has 0 aliphatic carbocycles. The van der Waals surface area contributed by atoms with E-state index < -0.39 is 52.5 Å². The number of hydrogen-bond donors (Lipinski definition) is 4. The number of aromatic carboxylic acids is 1. The van der Waals surface area contributed by atoms with Crippen LogP contribution in [-0.2, 0) is 43.1 Å². The topological polar surface area (TPSA) is 316 Å². The SMILES string of the molecule is CC(C)(C)OC(=O)CCc1cc(Cl)c(/C(N)=N/O)cc1F.Cc1c(I)ccc2nc(-c3nc(-c4cc(F)c(CCC(=O)O)cc4Cl)no3)cn12.Cc1c(I)ccc2nc(-c3nc(-c4cc(F)c(CCC(=O)OC(C)(C)C)cc4Cl)no3)cn12.Cc1c(I)ccc2nc(C(=O)O)cn12. The van der Waals surface area contributed by atoms with Crippen LogP contribution in [0.5, 0.6) is 0 Å². The van der Waals surface area contributed by atoms with Gasteiger partial charge in [0, 0.05) is 82.3 Å². The Morgan fingerprint density at radius 3 is 1.31 bits per heavy atom. The molecule has 11 aromatic rings. The number of halogens is 9. The van der Waals surface area contributed by atoms with Crippen LogP contribution < -0.4 is 5.73 Å². The summed E-state index contributed by atoms with van der Waals surface area (Å²) in [5, 5.41) is 37.3. The van der Waals surface area contributed by atoms with Gasteiger partial charge < -0.3 is 52.9 Å². The van der Waals surface area contributed by atoms with Crippen molar-refractivity contribution >= 4 is 149 Å². The number of imidazole rings is 3. The van der Waals surface area contributed by atoms with Gasteiger partial charge in [-0.05, 0) is 239 Å². The highest BCUT2D eigenvalue weighted by Crippen LogP contribution is 2.34. The van der Waals surface area contributed by atoms with E-state index in [1.54, 1.807) is 58.2 Å². The lowest BCUT2D eigenvalue weighted by Crippen LogP contribution is -2.24. The van der Waals surface area contributed by atoms with Crippen LogP contribution in [-0.4, -0.2) is 105 Å². The number of oxime groups is 1. The number of benzene rings is 3. The molecule has 8 aromatic heterocycles. The number of ether oxygens (including phenoxy) is 2. The van der Waals surface area contributed by atoms with Crippen molar-refractivity contribution in [2.45, 2.75) is 112 Å². The number of nitrogens with zero attached hydrogens (tertiary/aromatic N) is 11. The van der Waals surface area contributed by atoms with Crippen molar-refractivity contribution in [3.8, 4) is 45.9 Å². The molecule has 0 amide bonds. The molecule has 0 unspecified atom stereocenters. The molecule has 0 atom stereocenters. The Morgan fingerprint density at radius 1 is 0.557 bits per heavy atom. The second-order valence-electron chi connectivity index (χ2n) is 23.3. The summed E-state index contributed by atoms with van der Waals surface area (Å²) in [6, 6.07) is 19.2. The zero-order valence-electron chi connectivity index (χ0n) is 52.9. The number of aliphatic carboxylic acids is 1. The summed E-state index contributed by atoms with van der Waals surface area (Å²) in [5.41, 5.74) is 11.9. The smallest absolute Gasteiger partial charge is 0.356 e. The molecule has 0 saturated carbocycles. The fraction of sp³-hybridized carbons (Fsp3) is 0.262. The zero-order valence-corrected chi connectivity index (χ0v) is 61.6. The van der Waals surface area contributed by atoms with Crippen molar-refractivity contribution in [2.75, 3.05) is 0 Å². The number of rotatable bonds is 15. The predicted octanol–water partition coefficient (Wildman–Crippen LogP) is 15.6. The first-order valence-electron chi connectivity index (χ1n) is 29.0. The molecule has 23 nitrogen and oxygen atoms in total. The summed E-state index contributed by atoms with van der Waals surface area (Å²) in [7, 11) is 0. The van der Waals surface area contributed by atoms with E-state index in [2.05, 4.69) is 108 Å². The fourth-order valence-corrected chi connectivity index (χ4v) is 11.3. The van der Waals surface area contributed by atoms with Crippen molar-refractivity contribution in [3.63, 3.8) is 0 Å². The first-order chi connectivity index (χ1) is 45.6. The summed E-state index contributed by atoms with van der Waals surface area (Å²) in [6.45, 7) is 16.5. The molecular formula is C65H59Cl3F3I3N12O11. The number of aryl methyl sites for hydroxylation is 6. The summed E-state index contributed by atoms with van der Waals surface area (Å²) >= 11 is 25.3. The average Bonchev–Trinajstić information content (AvgIpc) is 1.67. The van der Waals surface area contributed by atoms with Gasteiger partial charge in [0.1, 0.15) is 57.0 Å². The van der Waals surface area contributed by atoms with Gasteiger partial charge in [-0.25, -0.2) is 32.9 Å². The molecule has 3 aromatic carbocycles. The molecule has 0 bridgehead atoms. The predicted molar refractivity (Wildman–Crippen MR) is 380 cm³/mol. The molecule has 32 heteroatoms. The summed E-state index contributed by atoms with van der Waals surface area (Å²) < 4.78 is 73.0. The lowest BCUT2D eigenvalue weighted by Gasteiger charge is -2.19. The van der Waals surface area contributed by atoms with E-state index in [-0.39, 0.29) is 111 Å². The number of nitrogens with two attached hydrogens (primary N) is 1. The van der Waals surface area contributed by atoms with Crippen LogP contribution in [0.3, 0.4) is 0 Å². The zero-order chi connectivity index (χ0) is 71.1. The Labute approximate surface area is 607 Å². The number of esters is 2. The monoisotopic (exact) mass is 1730 g/mol. The van der Waals surface area contributed by atoms with Crippen molar-refractivity contribution < 1.29 is 66.3 Å². The van der Waals surface area contributed by atoms with E-state index in [0.717, 1.165) is 45.2 Å². The molecule has 97 heavy (non-hydrogen) atoms. The molecule has 5 N–H and O–H groups in total. The molecule has 508 valence electrons. The van der Waals surface area contributed by atoms with Crippen LogP contribution in [0.1, 0.15) is 111 Å². The van der Waals surface area contributed by atoms with Gasteiger partial charge >= 0.3 is 23.9 Å². The van der Waals surface area contributed by atoms with Crippen molar-refractivity contribution in [1.82, 2.24) is 48.4 Å². The van der Waals surface area contributed by atoms with Crippen molar-refractivity contribution in [2.24, 2.45) is 10.9 Å². The molecule has 11 rings (SSSR count). The summed E-state index contributed by atoms with van der Waals surface area (Å²) in [4.78, 5) is 66.6. The number of carbonyl (C=O) groups excluding carboxylic acids is 2. The third-order valence-corrected chi connectivity index (χ3v) is 18.2. The normalized spacial score (nSPS) is 11.6. The fourth-order valence-electron chi connectivity index (χ4n) is 9.11. The molecular weight excluding hydrogens is 1670 g/mol. The first-order valence-corrected chi connectivity index (χ1v) is 33.4. The van der Waals surface area contributed by atoms with Crippen LogP contribution in [0.4, 0.5) is 13.2 Å². The maximum absolute atomic E-state index is 14.7. The Hall–Kier alpha value is -7.99. The number of carboxylic acid groups (broad SMARTS) is 2. The standard InChI is InChI=1S/C23H21ClFIN4O3.C19H13ClFIN4O3.C14H18ClFN2O3.C9H7IN2O2/c1-12-17(26)6-7-19-27-18(11-30(12)19)22-28-21(29-33-22)14-10-16(25)13(9-15(14)24)5-8-20(31)32-23(2,3)4;1-9-14(22)3-4-16-23-15(8-26(9)16)19-24-18(25-29-19)11-7-13(21)10(6-12(11)20)2-5-17(27)28;1-14(2,3)21-12(19)5-4-8-6-10(15)9(7-11(8)16)13(17)18-20;1-5-6(10)2-3-8-11-7(9(13)14)4-12(5)8/h6-7,9-11H,5,8H2,1-4H3;3-4,6-8H,2,5H2,1H3,(H,27,28);6-7,20H,4-5H2,1-3H3,(H2,17,18);2-4H,1H3,(H,13,14). The van der Waals surface area contributed by atoms with Gasteiger partial charge in [-0.1, -0.05) is 50.3 Å². The average molecular weight is 1730 g/mol. The molecule has 0 spiro atoms. The molecule has 0 saturated heterocycles. The van der Waals surface area contributed by atoms with Crippen LogP contribution in [0.2, 0.25) is 15.1 Å². The highest BCUT2D eigenvalue weighted by atomic mass is 127. The Balaban J connectivity index is 0.000000172. The van der Waals surface area contributed by atoms with E-state index in [1.807, 2.05) is 66.1 Å². The second kappa shape index (κ2) is 31.7. The number of carboxylic acids is 2. The lowest BCUT2D eigenvalue weighted by atomic mass is 10.1. The number of carbonyl (C=O) groups is 4. The minimum atomic E-state index is -1.01. The molecule has 0 aliphatic rings. The summed E-state index contributed by atoms with van der Waals surface area (Å²) in [6.07, 6.45) is 5.39. The van der Waals surface area contributed by atoms with E-state index in [9.17, 15) is 32.3 Å². The third kappa shape index (κ3) is 19.2. The van der Waals surface area contributed by atoms with Crippen molar-refractivity contribution in [3.05, 3.63) is 180 Å². The van der Waals surface area contributed by atoms with Gasteiger partial charge in [-0.3, -0.25) is 14.4 Å². The van der Waals surface area contributed by atoms with Crippen molar-refractivity contribution in [1.29, 1.82) is 0 Å². The molecule has 8 heterocycles. The van der Waals surface area contributed by atoms with E-state index in [4.69, 9.17) is 74.5 Å². The van der Waals surface area contributed by atoms with E-state index in [0.29, 0.717) is 28.2 Å². The Bertz CT molecular complexity index is 4850. The second-order valence-corrected chi connectivity index (χ2v) is 28.0. The third-order valence-electron chi connectivity index (χ3n) is 13.9. The van der Waals surface area contributed by atoms with Gasteiger partial charge in [-0.2, -0.15) is 9.97 Å². The summed E-state index contributed by atoms with van der Waals surface area (Å²) in [5.74, 6) is -4.11. The first kappa shape index (κ1) is 74.8. The number of aromatic nitrogens is 10. The number of amidine groups is 1. The Morgan fingerprint density at radius 2 is 0.928 bits per heavy atom. The maximum atomic E-state index is 14.7. The van der Waals surface area contributed by atoms with Crippen LogP contribution in [0, 0.1) is 48.9 Å². The van der Waals surface area contributed by atoms with Gasteiger partial charge in [0.2, 0.25) is 11.6 Å². The molecule has 0 fully saturated rings. The number of hydrogen-bond acceptors (Lipinski definition) is 17. The number of fused-ring (bicyclic) bond motifs is 3. The van der Waals surface area contributed by atoms with Gasteiger partial charge in [-0.15, -0.1) is 0 Å². The minimum absolute atomic E-state index is 0.0352. The molecule has 0 aliphatic heterocycles. The number of pyridine rings is 3. The van der Waals surface area contributed by atoms with Crippen LogP contribution in [0.15, 0.2) is 106 Å². The maximum Gasteiger partial charge on any atom is 0.356 e. The molecule has 0 radical (unpaired) electrons. The van der Waals surface area contributed by atoms with Gasteiger partial charge in [0.25, 0.3) is 11.8 Å². The van der Waals surface area contributed by atoms with E-state index >= 15 is 0 Å². The van der Waals surface area contributed by atoms with Crippen LogP contribution >= 0.6 is 103 Å².